The van der Waals surface area contributed by atoms with Crippen LogP contribution in [0, 0.1) is 0 Å². The Balaban J connectivity index is 1.60. The molecular weight excluding hydrogens is 472 g/mol. The van der Waals surface area contributed by atoms with Crippen molar-refractivity contribution in [1.29, 1.82) is 0 Å². The van der Waals surface area contributed by atoms with E-state index in [4.69, 9.17) is 19.3 Å². The molecule has 0 saturated carbocycles. The van der Waals surface area contributed by atoms with E-state index in [1.165, 1.54) is 0 Å². The van der Waals surface area contributed by atoms with E-state index in [1.807, 2.05) is 30.3 Å². The first kappa shape index (κ1) is 26.2. The third kappa shape index (κ3) is 7.84. The molecule has 2 N–H and O–H groups in total. The van der Waals surface area contributed by atoms with E-state index in [2.05, 4.69) is 0 Å². The number of carbonyl (C=O) groups excluding carboxylic acids is 1. The summed E-state index contributed by atoms with van der Waals surface area (Å²) in [6.45, 7) is -0.367. The Labute approximate surface area is 205 Å². The van der Waals surface area contributed by atoms with Gasteiger partial charge in [0.15, 0.2) is 0 Å². The van der Waals surface area contributed by atoms with Crippen LogP contribution in [0.1, 0.15) is 24.0 Å². The molecule has 11 heteroatoms. The lowest BCUT2D eigenvalue weighted by atomic mass is 10.2. The number of nitrogens with zero attached hydrogens (tertiary/aromatic N) is 2. The molecule has 0 aliphatic rings. The fourth-order valence-electron chi connectivity index (χ4n) is 3.18. The summed E-state index contributed by atoms with van der Waals surface area (Å²) >= 11 is 0. The van der Waals surface area contributed by atoms with E-state index >= 15 is 0 Å². The van der Waals surface area contributed by atoms with Crippen LogP contribution in [0.5, 0.6) is 11.6 Å². The van der Waals surface area contributed by atoms with Crippen LogP contribution in [0.25, 0.3) is 0 Å². The number of carboxylic acid groups (broad SMARTS) is 1. The summed E-state index contributed by atoms with van der Waals surface area (Å²) in [6, 6.07) is 17.6. The fourth-order valence-corrected chi connectivity index (χ4v) is 3.18. The van der Waals surface area contributed by atoms with Gasteiger partial charge in [-0.25, -0.2) is 9.36 Å². The molecule has 190 valence electrons. The highest BCUT2D eigenvalue weighted by Crippen LogP contribution is 2.17. The number of benzene rings is 2. The second kappa shape index (κ2) is 12.9. The van der Waals surface area contributed by atoms with Gasteiger partial charge in [-0.05, 0) is 23.3 Å². The minimum atomic E-state index is -1.11. The standard InChI is InChI=1S/C25H26N2O9/c28-21-14-22(29)27(17-34-11-12-35-24(32)10-9-23(30)31)25(33)26(21)15-19-7-4-8-20(13-19)36-16-18-5-2-1-3-6-18/h1-8,13-14,28H,9-12,15-17H2,(H,30,31). The van der Waals surface area contributed by atoms with Crippen molar-refractivity contribution >= 4 is 11.9 Å². The molecule has 0 bridgehead atoms. The Kier molecular flexibility index (Phi) is 9.40. The third-order valence-electron chi connectivity index (χ3n) is 5.00. The van der Waals surface area contributed by atoms with Gasteiger partial charge in [-0.3, -0.25) is 19.0 Å². The maximum Gasteiger partial charge on any atom is 0.336 e. The molecule has 0 aliphatic carbocycles. The number of carboxylic acids is 1. The first-order valence-electron chi connectivity index (χ1n) is 11.1. The third-order valence-corrected chi connectivity index (χ3v) is 5.00. The zero-order chi connectivity index (χ0) is 25.9. The van der Waals surface area contributed by atoms with Crippen LogP contribution >= 0.6 is 0 Å². The molecule has 0 atom stereocenters. The molecule has 1 aromatic heterocycles. The lowest BCUT2D eigenvalue weighted by molar-refractivity contribution is -0.149. The summed E-state index contributed by atoms with van der Waals surface area (Å²) in [6.07, 6.45) is -0.611. The number of aromatic hydroxyl groups is 1. The van der Waals surface area contributed by atoms with Crippen LogP contribution in [0.3, 0.4) is 0 Å². The van der Waals surface area contributed by atoms with Crippen molar-refractivity contribution in [3.63, 3.8) is 0 Å². The highest BCUT2D eigenvalue weighted by atomic mass is 16.6. The number of ether oxygens (including phenoxy) is 3. The Hall–Kier alpha value is -4.38. The molecule has 3 rings (SSSR count). The Morgan fingerprint density at radius 2 is 1.61 bits per heavy atom. The summed E-state index contributed by atoms with van der Waals surface area (Å²) in [5.41, 5.74) is 0.123. The van der Waals surface area contributed by atoms with E-state index < -0.39 is 35.8 Å². The van der Waals surface area contributed by atoms with E-state index in [9.17, 15) is 24.3 Å². The lowest BCUT2D eigenvalue weighted by Crippen LogP contribution is -2.40. The number of aliphatic carboxylic acids is 1. The molecule has 1 heterocycles. The smallest absolute Gasteiger partial charge is 0.336 e. The van der Waals surface area contributed by atoms with Crippen LogP contribution in [-0.4, -0.2) is 44.5 Å². The average Bonchev–Trinajstić information content (AvgIpc) is 2.86. The summed E-state index contributed by atoms with van der Waals surface area (Å²) in [4.78, 5) is 46.9. The van der Waals surface area contributed by atoms with Gasteiger partial charge >= 0.3 is 17.6 Å². The number of hydrogen-bond donors (Lipinski definition) is 2. The minimum absolute atomic E-state index is 0.0192. The quantitative estimate of drug-likeness (QED) is 0.266. The van der Waals surface area contributed by atoms with E-state index in [0.717, 1.165) is 20.8 Å². The van der Waals surface area contributed by atoms with Gasteiger partial charge in [0.2, 0.25) is 5.88 Å². The Morgan fingerprint density at radius 3 is 2.36 bits per heavy atom. The molecule has 0 aliphatic heterocycles. The van der Waals surface area contributed by atoms with Gasteiger partial charge in [-0.2, -0.15) is 0 Å². The minimum Gasteiger partial charge on any atom is -0.494 e. The lowest BCUT2D eigenvalue weighted by Gasteiger charge is -2.13. The predicted molar refractivity (Wildman–Crippen MR) is 127 cm³/mol. The van der Waals surface area contributed by atoms with Crippen LogP contribution in [0.2, 0.25) is 0 Å². The SMILES string of the molecule is O=C(O)CCC(=O)OCCOCn1c(=O)cc(O)n(Cc2cccc(OCc3ccccc3)c2)c1=O. The van der Waals surface area contributed by atoms with Gasteiger partial charge < -0.3 is 24.4 Å². The van der Waals surface area contributed by atoms with Gasteiger partial charge in [-0.15, -0.1) is 0 Å². The molecule has 36 heavy (non-hydrogen) atoms. The number of aromatic nitrogens is 2. The first-order chi connectivity index (χ1) is 17.3. The van der Waals surface area contributed by atoms with Crippen LogP contribution in [0.4, 0.5) is 0 Å². The van der Waals surface area contributed by atoms with Gasteiger partial charge in [0.25, 0.3) is 5.56 Å². The summed E-state index contributed by atoms with van der Waals surface area (Å²) < 4.78 is 17.7. The number of hydrogen-bond acceptors (Lipinski definition) is 8. The molecule has 0 spiro atoms. The Bertz CT molecular complexity index is 1300. The zero-order valence-electron chi connectivity index (χ0n) is 19.4. The van der Waals surface area contributed by atoms with Crippen LogP contribution in [-0.2, 0) is 38.9 Å². The summed E-state index contributed by atoms with van der Waals surface area (Å²) in [5.74, 6) is -1.72. The van der Waals surface area contributed by atoms with Gasteiger partial charge in [0, 0.05) is 0 Å². The molecule has 0 unspecified atom stereocenters. The molecule has 0 radical (unpaired) electrons. The first-order valence-corrected chi connectivity index (χ1v) is 11.1. The van der Waals surface area contributed by atoms with Crippen LogP contribution in [0.15, 0.2) is 70.3 Å². The highest BCUT2D eigenvalue weighted by molar-refractivity contribution is 5.76. The van der Waals surface area contributed by atoms with Crippen molar-refractivity contribution in [2.24, 2.45) is 0 Å². The normalized spacial score (nSPS) is 10.7. The maximum atomic E-state index is 12.8. The topological polar surface area (TPSA) is 146 Å². The van der Waals surface area contributed by atoms with Gasteiger partial charge in [0.1, 0.15) is 25.7 Å². The van der Waals surface area contributed by atoms with Crippen molar-refractivity contribution < 1.29 is 34.0 Å². The summed E-state index contributed by atoms with van der Waals surface area (Å²) in [5, 5.41) is 18.8. The van der Waals surface area contributed by atoms with Crippen LogP contribution < -0.4 is 16.0 Å². The predicted octanol–water partition coefficient (Wildman–Crippen LogP) is 1.72. The second-order valence-corrected chi connectivity index (χ2v) is 7.71. The largest absolute Gasteiger partial charge is 0.494 e. The highest BCUT2D eigenvalue weighted by Gasteiger charge is 2.12. The van der Waals surface area contributed by atoms with Crippen molar-refractivity contribution in [2.75, 3.05) is 13.2 Å². The van der Waals surface area contributed by atoms with E-state index in [1.54, 1.807) is 24.3 Å². The second-order valence-electron chi connectivity index (χ2n) is 7.71. The van der Waals surface area contributed by atoms with Crippen molar-refractivity contribution in [1.82, 2.24) is 9.13 Å². The molecule has 0 saturated heterocycles. The van der Waals surface area contributed by atoms with Gasteiger partial charge in [0.05, 0.1) is 32.1 Å². The van der Waals surface area contributed by atoms with Crippen molar-refractivity contribution in [2.45, 2.75) is 32.7 Å². The molecule has 0 amide bonds. The Morgan fingerprint density at radius 1 is 0.861 bits per heavy atom. The monoisotopic (exact) mass is 498 g/mol. The molecule has 11 nitrogen and oxygen atoms in total. The number of esters is 1. The zero-order valence-corrected chi connectivity index (χ0v) is 19.4. The molecule has 3 aromatic rings. The molecule has 2 aromatic carbocycles. The van der Waals surface area contributed by atoms with Crippen molar-refractivity contribution in [3.05, 3.63) is 92.6 Å². The number of carbonyl (C=O) groups is 2. The van der Waals surface area contributed by atoms with E-state index in [-0.39, 0.29) is 32.6 Å². The summed E-state index contributed by atoms with van der Waals surface area (Å²) in [7, 11) is 0. The van der Waals surface area contributed by atoms with Crippen molar-refractivity contribution in [3.8, 4) is 11.6 Å². The van der Waals surface area contributed by atoms with Gasteiger partial charge in [-0.1, -0.05) is 42.5 Å². The number of rotatable bonds is 13. The fraction of sp³-hybridized carbons (Fsp3) is 0.280. The molecule has 0 fully saturated rings. The van der Waals surface area contributed by atoms with E-state index in [0.29, 0.717) is 17.9 Å². The maximum absolute atomic E-state index is 12.8. The molecular formula is C25H26N2O9. The average molecular weight is 498 g/mol.